The standard InChI is InChI=1S/C13H23N5O6/c1-6(17-12(22)7(14)2-4-9(15)19)11(21)18-8(13(23)24)3-5-10(16)20/h6-8H,2-5,14H2,1H3,(H2,15,19)(H2,16,20)(H,17,22)(H,18,21)(H,23,24). The number of carbonyl (C=O) groups excluding carboxylic acids is 4. The highest BCUT2D eigenvalue weighted by Crippen LogP contribution is 1.99. The fourth-order valence-corrected chi connectivity index (χ4v) is 1.66. The first-order chi connectivity index (χ1) is 11.0. The first kappa shape index (κ1) is 21.3. The van der Waals surface area contributed by atoms with Gasteiger partial charge in [-0.05, 0) is 19.8 Å². The van der Waals surface area contributed by atoms with Gasteiger partial charge in [0.05, 0.1) is 6.04 Å². The zero-order valence-corrected chi connectivity index (χ0v) is 13.3. The number of carboxylic acid groups (broad SMARTS) is 1. The van der Waals surface area contributed by atoms with Crippen molar-refractivity contribution in [3.63, 3.8) is 0 Å². The lowest BCUT2D eigenvalue weighted by Gasteiger charge is -2.20. The number of carboxylic acids is 1. The largest absolute Gasteiger partial charge is 0.480 e. The van der Waals surface area contributed by atoms with E-state index < -0.39 is 47.7 Å². The predicted molar refractivity (Wildman–Crippen MR) is 82.0 cm³/mol. The van der Waals surface area contributed by atoms with Gasteiger partial charge in [-0.3, -0.25) is 19.2 Å². The molecule has 0 aliphatic rings. The van der Waals surface area contributed by atoms with Gasteiger partial charge in [-0.1, -0.05) is 0 Å². The highest BCUT2D eigenvalue weighted by Gasteiger charge is 2.25. The molecule has 9 N–H and O–H groups in total. The van der Waals surface area contributed by atoms with Crippen LogP contribution in [0.4, 0.5) is 0 Å². The Morgan fingerprint density at radius 3 is 1.88 bits per heavy atom. The second-order valence-corrected chi connectivity index (χ2v) is 5.25. The number of nitrogens with one attached hydrogen (secondary N) is 2. The lowest BCUT2D eigenvalue weighted by molar-refractivity contribution is -0.142. The van der Waals surface area contributed by atoms with Crippen LogP contribution in [0.1, 0.15) is 32.6 Å². The minimum atomic E-state index is -1.33. The molecule has 0 aliphatic carbocycles. The van der Waals surface area contributed by atoms with Crippen LogP contribution >= 0.6 is 0 Å². The zero-order valence-electron chi connectivity index (χ0n) is 13.3. The van der Waals surface area contributed by atoms with Crippen LogP contribution in [0.25, 0.3) is 0 Å². The molecule has 0 spiro atoms. The Bertz CT molecular complexity index is 509. The number of carbonyl (C=O) groups is 5. The third kappa shape index (κ3) is 8.68. The third-order valence-corrected chi connectivity index (χ3v) is 3.08. The molecule has 24 heavy (non-hydrogen) atoms. The molecular weight excluding hydrogens is 322 g/mol. The van der Waals surface area contributed by atoms with Gasteiger partial charge in [0.1, 0.15) is 12.1 Å². The van der Waals surface area contributed by atoms with Crippen LogP contribution in [0.2, 0.25) is 0 Å². The van der Waals surface area contributed by atoms with E-state index in [-0.39, 0.29) is 25.7 Å². The molecule has 0 bridgehead atoms. The number of hydrogen-bond acceptors (Lipinski definition) is 6. The van der Waals surface area contributed by atoms with Crippen LogP contribution in [-0.4, -0.2) is 52.8 Å². The van der Waals surface area contributed by atoms with Crippen molar-refractivity contribution in [1.82, 2.24) is 10.6 Å². The summed E-state index contributed by atoms with van der Waals surface area (Å²) in [5.74, 6) is -4.08. The molecule has 0 saturated heterocycles. The van der Waals surface area contributed by atoms with Crippen LogP contribution in [0.5, 0.6) is 0 Å². The number of nitrogens with two attached hydrogens (primary N) is 3. The summed E-state index contributed by atoms with van der Waals surface area (Å²) in [6.07, 6.45) is -0.444. The number of primary amides is 2. The number of amides is 4. The monoisotopic (exact) mass is 345 g/mol. The Morgan fingerprint density at radius 1 is 0.917 bits per heavy atom. The molecule has 0 fully saturated rings. The first-order valence-electron chi connectivity index (χ1n) is 7.20. The smallest absolute Gasteiger partial charge is 0.326 e. The molecule has 3 atom stereocenters. The summed E-state index contributed by atoms with van der Waals surface area (Å²) in [7, 11) is 0. The quantitative estimate of drug-likeness (QED) is 0.227. The number of aliphatic carboxylic acids is 1. The van der Waals surface area contributed by atoms with Crippen LogP contribution in [-0.2, 0) is 24.0 Å². The maximum absolute atomic E-state index is 11.9. The van der Waals surface area contributed by atoms with Crippen molar-refractivity contribution in [3.8, 4) is 0 Å². The zero-order chi connectivity index (χ0) is 18.9. The van der Waals surface area contributed by atoms with Gasteiger partial charge in [0.25, 0.3) is 0 Å². The van der Waals surface area contributed by atoms with Gasteiger partial charge in [0.2, 0.25) is 23.6 Å². The van der Waals surface area contributed by atoms with Crippen LogP contribution in [0, 0.1) is 0 Å². The van der Waals surface area contributed by atoms with E-state index in [1.54, 1.807) is 0 Å². The van der Waals surface area contributed by atoms with E-state index in [0.717, 1.165) is 0 Å². The van der Waals surface area contributed by atoms with E-state index in [9.17, 15) is 24.0 Å². The Kier molecular flexibility index (Phi) is 9.02. The van der Waals surface area contributed by atoms with Gasteiger partial charge >= 0.3 is 5.97 Å². The average Bonchev–Trinajstić information content (AvgIpc) is 2.47. The summed E-state index contributed by atoms with van der Waals surface area (Å²) in [6, 6.07) is -3.40. The van der Waals surface area contributed by atoms with E-state index in [1.165, 1.54) is 6.92 Å². The normalized spacial score (nSPS) is 14.1. The minimum absolute atomic E-state index is 0.0197. The summed E-state index contributed by atoms with van der Waals surface area (Å²) in [5.41, 5.74) is 15.4. The highest BCUT2D eigenvalue weighted by molar-refractivity contribution is 5.91. The second kappa shape index (κ2) is 10.2. The Balaban J connectivity index is 4.51. The van der Waals surface area contributed by atoms with E-state index in [0.29, 0.717) is 0 Å². The molecule has 11 heteroatoms. The first-order valence-corrected chi connectivity index (χ1v) is 7.20. The molecule has 0 saturated carbocycles. The van der Waals surface area contributed by atoms with Crippen molar-refractivity contribution >= 4 is 29.6 Å². The van der Waals surface area contributed by atoms with Gasteiger partial charge in [-0.2, -0.15) is 0 Å². The van der Waals surface area contributed by atoms with E-state index in [1.807, 2.05) is 0 Å². The summed E-state index contributed by atoms with van der Waals surface area (Å²) >= 11 is 0. The molecule has 0 aromatic heterocycles. The van der Waals surface area contributed by atoms with Crippen LogP contribution < -0.4 is 27.8 Å². The molecular formula is C13H23N5O6. The lowest BCUT2D eigenvalue weighted by Crippen LogP contribution is -2.53. The Hall–Kier alpha value is -2.69. The third-order valence-electron chi connectivity index (χ3n) is 3.08. The Labute approximate surface area is 138 Å². The molecule has 11 nitrogen and oxygen atoms in total. The van der Waals surface area contributed by atoms with Crippen molar-refractivity contribution in [3.05, 3.63) is 0 Å². The van der Waals surface area contributed by atoms with Gasteiger partial charge < -0.3 is 32.9 Å². The summed E-state index contributed by atoms with van der Waals surface area (Å²) in [4.78, 5) is 56.0. The topological polar surface area (TPSA) is 208 Å². The molecule has 0 aromatic rings. The molecule has 3 unspecified atom stereocenters. The second-order valence-electron chi connectivity index (χ2n) is 5.25. The minimum Gasteiger partial charge on any atom is -0.480 e. The molecule has 0 radical (unpaired) electrons. The van der Waals surface area contributed by atoms with Crippen LogP contribution in [0.15, 0.2) is 0 Å². The SMILES string of the molecule is CC(NC(=O)C(N)CCC(N)=O)C(=O)NC(CCC(N)=O)C(=O)O. The van der Waals surface area contributed by atoms with Gasteiger partial charge in [-0.15, -0.1) is 0 Å². The van der Waals surface area contributed by atoms with E-state index >= 15 is 0 Å². The summed E-state index contributed by atoms with van der Waals surface area (Å²) in [6.45, 7) is 1.33. The molecule has 136 valence electrons. The molecule has 0 rings (SSSR count). The van der Waals surface area contributed by atoms with E-state index in [2.05, 4.69) is 10.6 Å². The molecule has 4 amide bonds. The van der Waals surface area contributed by atoms with Crippen LogP contribution in [0.3, 0.4) is 0 Å². The summed E-state index contributed by atoms with van der Waals surface area (Å²) < 4.78 is 0. The maximum atomic E-state index is 11.9. The maximum Gasteiger partial charge on any atom is 0.326 e. The number of rotatable bonds is 11. The molecule has 0 aromatic carbocycles. The molecule has 0 heterocycles. The fraction of sp³-hybridized carbons (Fsp3) is 0.615. The molecule has 0 aliphatic heterocycles. The van der Waals surface area contributed by atoms with Crippen molar-refractivity contribution in [1.29, 1.82) is 0 Å². The van der Waals surface area contributed by atoms with Crippen molar-refractivity contribution < 1.29 is 29.1 Å². The fourth-order valence-electron chi connectivity index (χ4n) is 1.66. The highest BCUT2D eigenvalue weighted by atomic mass is 16.4. The summed E-state index contributed by atoms with van der Waals surface area (Å²) in [5, 5.41) is 13.5. The van der Waals surface area contributed by atoms with Gasteiger partial charge in [-0.25, -0.2) is 4.79 Å². The number of hydrogen-bond donors (Lipinski definition) is 6. The van der Waals surface area contributed by atoms with Crippen molar-refractivity contribution in [2.75, 3.05) is 0 Å². The van der Waals surface area contributed by atoms with Gasteiger partial charge in [0, 0.05) is 12.8 Å². The van der Waals surface area contributed by atoms with E-state index in [4.69, 9.17) is 22.3 Å². The Morgan fingerprint density at radius 2 is 1.42 bits per heavy atom. The lowest BCUT2D eigenvalue weighted by atomic mass is 10.1. The predicted octanol–water partition coefficient (Wildman–Crippen LogP) is -3.08. The van der Waals surface area contributed by atoms with Gasteiger partial charge in [0.15, 0.2) is 0 Å². The van der Waals surface area contributed by atoms with Crippen molar-refractivity contribution in [2.45, 2.75) is 50.7 Å². The average molecular weight is 345 g/mol. The van der Waals surface area contributed by atoms with Crippen molar-refractivity contribution in [2.24, 2.45) is 17.2 Å².